The first-order valence-corrected chi connectivity index (χ1v) is 6.45. The Morgan fingerprint density at radius 3 is 2.11 bits per heavy atom. The van der Waals surface area contributed by atoms with E-state index in [-0.39, 0.29) is 10.6 Å². The third kappa shape index (κ3) is 2.51. The Morgan fingerprint density at radius 1 is 1.11 bits per heavy atom. The van der Waals surface area contributed by atoms with E-state index in [0.29, 0.717) is 5.46 Å². The van der Waals surface area contributed by atoms with Crippen LogP contribution in [0.25, 0.3) is 0 Å². The van der Waals surface area contributed by atoms with Crippen LogP contribution in [0.15, 0.2) is 18.2 Å². The fourth-order valence-corrected chi connectivity index (χ4v) is 2.19. The third-order valence-electron chi connectivity index (χ3n) is 3.80. The first-order valence-electron chi connectivity index (χ1n) is 6.08. The summed E-state index contributed by atoms with van der Waals surface area (Å²) in [5, 5.41) is 0.0102. The Kier molecular flexibility index (Phi) is 3.67. The van der Waals surface area contributed by atoms with Crippen molar-refractivity contribution in [2.45, 2.75) is 45.3 Å². The Bertz CT molecular complexity index is 476. The first-order chi connectivity index (χ1) is 8.66. The zero-order valence-electron chi connectivity index (χ0n) is 11.3. The zero-order chi connectivity index (χ0) is 14.4. The van der Waals surface area contributed by atoms with Crippen molar-refractivity contribution in [1.82, 2.24) is 0 Å². The van der Waals surface area contributed by atoms with Crippen LogP contribution in [0.4, 0.5) is 8.78 Å². The maximum absolute atomic E-state index is 12.8. The molecule has 0 bridgehead atoms. The summed E-state index contributed by atoms with van der Waals surface area (Å²) in [6.07, 6.45) is -2.62. The molecule has 0 radical (unpaired) electrons. The van der Waals surface area contributed by atoms with Crippen molar-refractivity contribution in [1.29, 1.82) is 0 Å². The minimum absolute atomic E-state index is 0.0102. The standard InChI is InChI=1S/C13H16BClF2O2/c1-12(2)13(3,4)19-14(18-12)9-7-5-6-8(10(9)15)11(16)17/h5-7,11H,1-4H3. The molecule has 1 aromatic rings. The van der Waals surface area contributed by atoms with E-state index in [0.717, 1.165) is 0 Å². The van der Waals surface area contributed by atoms with E-state index in [1.54, 1.807) is 6.07 Å². The zero-order valence-corrected chi connectivity index (χ0v) is 12.1. The van der Waals surface area contributed by atoms with Gasteiger partial charge in [0.15, 0.2) is 0 Å². The largest absolute Gasteiger partial charge is 0.496 e. The molecule has 19 heavy (non-hydrogen) atoms. The molecule has 1 saturated heterocycles. The van der Waals surface area contributed by atoms with Gasteiger partial charge in [0.05, 0.1) is 11.2 Å². The number of benzene rings is 1. The lowest BCUT2D eigenvalue weighted by molar-refractivity contribution is 0.00578. The maximum Gasteiger partial charge on any atom is 0.496 e. The van der Waals surface area contributed by atoms with Crippen molar-refractivity contribution < 1.29 is 18.1 Å². The van der Waals surface area contributed by atoms with Gasteiger partial charge in [-0.25, -0.2) is 8.78 Å². The molecule has 0 aromatic heterocycles. The quantitative estimate of drug-likeness (QED) is 0.775. The van der Waals surface area contributed by atoms with E-state index in [1.807, 2.05) is 27.7 Å². The Balaban J connectivity index is 2.38. The van der Waals surface area contributed by atoms with Gasteiger partial charge in [-0.3, -0.25) is 0 Å². The van der Waals surface area contributed by atoms with Crippen LogP contribution in [0.5, 0.6) is 0 Å². The van der Waals surface area contributed by atoms with Crippen LogP contribution in [0.2, 0.25) is 5.02 Å². The summed E-state index contributed by atoms with van der Waals surface area (Å²) in [7, 11) is -0.726. The van der Waals surface area contributed by atoms with Crippen LogP contribution < -0.4 is 5.46 Å². The van der Waals surface area contributed by atoms with Gasteiger partial charge in [-0.15, -0.1) is 0 Å². The number of alkyl halides is 2. The Labute approximate surface area is 117 Å². The van der Waals surface area contributed by atoms with Gasteiger partial charge in [0.1, 0.15) is 0 Å². The molecule has 0 amide bonds. The molecule has 2 rings (SSSR count). The molecule has 104 valence electrons. The molecule has 6 heteroatoms. The molecule has 0 aliphatic carbocycles. The monoisotopic (exact) mass is 288 g/mol. The van der Waals surface area contributed by atoms with Gasteiger partial charge >= 0.3 is 7.12 Å². The van der Waals surface area contributed by atoms with Crippen molar-refractivity contribution >= 4 is 24.2 Å². The van der Waals surface area contributed by atoms with Gasteiger partial charge in [0, 0.05) is 16.0 Å². The average Bonchev–Trinajstić information content (AvgIpc) is 2.47. The molecule has 0 spiro atoms. The van der Waals surface area contributed by atoms with Gasteiger partial charge in [0.25, 0.3) is 6.43 Å². The summed E-state index contributed by atoms with van der Waals surface area (Å²) in [5.41, 5.74) is -0.809. The summed E-state index contributed by atoms with van der Waals surface area (Å²) in [6, 6.07) is 4.49. The Hall–Kier alpha value is -0.645. The second-order valence-corrected chi connectivity index (χ2v) is 6.02. The number of hydrogen-bond acceptors (Lipinski definition) is 2. The number of rotatable bonds is 2. The van der Waals surface area contributed by atoms with E-state index in [1.165, 1.54) is 12.1 Å². The minimum Gasteiger partial charge on any atom is -0.399 e. The van der Waals surface area contributed by atoms with Crippen LogP contribution >= 0.6 is 11.6 Å². The third-order valence-corrected chi connectivity index (χ3v) is 4.24. The van der Waals surface area contributed by atoms with Crippen LogP contribution in [0, 0.1) is 0 Å². The molecular weight excluding hydrogens is 272 g/mol. The normalized spacial score (nSPS) is 21.2. The van der Waals surface area contributed by atoms with E-state index in [9.17, 15) is 8.78 Å². The lowest BCUT2D eigenvalue weighted by Crippen LogP contribution is -2.41. The lowest BCUT2D eigenvalue weighted by atomic mass is 9.78. The molecule has 1 aliphatic rings. The molecule has 0 atom stereocenters. The van der Waals surface area contributed by atoms with Gasteiger partial charge in [-0.1, -0.05) is 29.8 Å². The van der Waals surface area contributed by atoms with Gasteiger partial charge in [-0.05, 0) is 27.7 Å². The molecule has 0 N–H and O–H groups in total. The van der Waals surface area contributed by atoms with Crippen LogP contribution in [0.1, 0.15) is 39.7 Å². The smallest absolute Gasteiger partial charge is 0.399 e. The summed E-state index contributed by atoms with van der Waals surface area (Å²) < 4.78 is 37.3. The highest BCUT2D eigenvalue weighted by Gasteiger charge is 2.52. The fraction of sp³-hybridized carbons (Fsp3) is 0.538. The molecule has 0 unspecified atom stereocenters. The second kappa shape index (κ2) is 4.72. The summed E-state index contributed by atoms with van der Waals surface area (Å²) >= 11 is 6.03. The maximum atomic E-state index is 12.8. The fourth-order valence-electron chi connectivity index (χ4n) is 1.89. The lowest BCUT2D eigenvalue weighted by Gasteiger charge is -2.32. The van der Waals surface area contributed by atoms with Crippen molar-refractivity contribution in [3.63, 3.8) is 0 Å². The van der Waals surface area contributed by atoms with Crippen molar-refractivity contribution in [2.75, 3.05) is 0 Å². The average molecular weight is 289 g/mol. The molecule has 0 saturated carbocycles. The van der Waals surface area contributed by atoms with Gasteiger partial charge < -0.3 is 9.31 Å². The molecular formula is C13H16BClF2O2. The SMILES string of the molecule is CC1(C)OB(c2cccc(C(F)F)c2Cl)OC1(C)C. The molecule has 1 aliphatic heterocycles. The number of halogens is 3. The summed E-state index contributed by atoms with van der Waals surface area (Å²) in [5.74, 6) is 0. The minimum atomic E-state index is -2.62. The van der Waals surface area contributed by atoms with E-state index in [2.05, 4.69) is 0 Å². The molecule has 1 heterocycles. The molecule has 1 fully saturated rings. The Morgan fingerprint density at radius 2 is 1.63 bits per heavy atom. The number of hydrogen-bond donors (Lipinski definition) is 0. The van der Waals surface area contributed by atoms with Crippen LogP contribution in [-0.2, 0) is 9.31 Å². The van der Waals surface area contributed by atoms with E-state index < -0.39 is 24.7 Å². The van der Waals surface area contributed by atoms with Crippen molar-refractivity contribution in [3.8, 4) is 0 Å². The van der Waals surface area contributed by atoms with E-state index >= 15 is 0 Å². The molecule has 2 nitrogen and oxygen atoms in total. The van der Waals surface area contributed by atoms with Crippen LogP contribution in [-0.4, -0.2) is 18.3 Å². The predicted octanol–water partition coefficient (Wildman–Crippen LogP) is 3.58. The van der Waals surface area contributed by atoms with Gasteiger partial charge in [-0.2, -0.15) is 0 Å². The predicted molar refractivity (Wildman–Crippen MR) is 72.1 cm³/mol. The topological polar surface area (TPSA) is 18.5 Å². The van der Waals surface area contributed by atoms with Crippen molar-refractivity contribution in [3.05, 3.63) is 28.8 Å². The van der Waals surface area contributed by atoms with Gasteiger partial charge in [0.2, 0.25) is 0 Å². The first kappa shape index (κ1) is 14.8. The highest BCUT2D eigenvalue weighted by atomic mass is 35.5. The van der Waals surface area contributed by atoms with E-state index in [4.69, 9.17) is 20.9 Å². The molecule has 1 aromatic carbocycles. The summed E-state index contributed by atoms with van der Waals surface area (Å²) in [4.78, 5) is 0. The van der Waals surface area contributed by atoms with Crippen LogP contribution in [0.3, 0.4) is 0 Å². The second-order valence-electron chi connectivity index (χ2n) is 5.64. The highest BCUT2D eigenvalue weighted by molar-refractivity contribution is 6.65. The van der Waals surface area contributed by atoms with Crippen molar-refractivity contribution in [2.24, 2.45) is 0 Å². The highest BCUT2D eigenvalue weighted by Crippen LogP contribution is 2.37. The summed E-state index contributed by atoms with van der Waals surface area (Å²) in [6.45, 7) is 7.60.